The van der Waals surface area contributed by atoms with Crippen LogP contribution in [0, 0.1) is 0 Å². The van der Waals surface area contributed by atoms with E-state index in [9.17, 15) is 13.2 Å². The summed E-state index contributed by atoms with van der Waals surface area (Å²) >= 11 is 1.41. The molecule has 0 fully saturated rings. The van der Waals surface area contributed by atoms with Crippen LogP contribution in [-0.2, 0) is 26.9 Å². The van der Waals surface area contributed by atoms with Gasteiger partial charge in [-0.2, -0.15) is 0 Å². The third kappa shape index (κ3) is 6.64. The van der Waals surface area contributed by atoms with Crippen molar-refractivity contribution in [2.75, 3.05) is 17.3 Å². The Morgan fingerprint density at radius 1 is 1.03 bits per heavy atom. The molecule has 0 spiro atoms. The van der Waals surface area contributed by atoms with Gasteiger partial charge in [-0.25, -0.2) is 13.4 Å². The molecule has 0 radical (unpaired) electrons. The van der Waals surface area contributed by atoms with Gasteiger partial charge in [0.25, 0.3) is 0 Å². The van der Waals surface area contributed by atoms with Crippen molar-refractivity contribution in [2.24, 2.45) is 0 Å². The summed E-state index contributed by atoms with van der Waals surface area (Å²) in [7, 11) is -3.32. The van der Waals surface area contributed by atoms with Gasteiger partial charge >= 0.3 is 0 Å². The van der Waals surface area contributed by atoms with Gasteiger partial charge in [-0.15, -0.1) is 0 Å². The van der Waals surface area contributed by atoms with E-state index < -0.39 is 9.84 Å². The van der Waals surface area contributed by atoms with E-state index >= 15 is 0 Å². The number of hydrogen-bond donors (Lipinski definition) is 0. The van der Waals surface area contributed by atoms with Gasteiger partial charge in [-0.05, 0) is 42.7 Å². The lowest BCUT2D eigenvalue weighted by atomic mass is 10.2. The highest BCUT2D eigenvalue weighted by molar-refractivity contribution is 7.90. The zero-order valence-corrected chi connectivity index (χ0v) is 21.1. The smallest absolute Gasteiger partial charge is 0.229 e. The van der Waals surface area contributed by atoms with Crippen molar-refractivity contribution < 1.29 is 17.9 Å². The van der Waals surface area contributed by atoms with Crippen molar-refractivity contribution in [3.63, 3.8) is 0 Å². The van der Waals surface area contributed by atoms with E-state index in [-0.39, 0.29) is 30.3 Å². The van der Waals surface area contributed by atoms with Crippen molar-refractivity contribution >= 4 is 42.4 Å². The molecule has 7 nitrogen and oxygen atoms in total. The number of hydrogen-bond acceptors (Lipinski definition) is 7. The second kappa shape index (κ2) is 11.4. The summed E-state index contributed by atoms with van der Waals surface area (Å²) in [6.45, 7) is 2.73. The number of nitrogens with zero attached hydrogens (tertiary/aromatic N) is 3. The highest BCUT2D eigenvalue weighted by atomic mass is 32.2. The van der Waals surface area contributed by atoms with Gasteiger partial charge in [0.2, 0.25) is 5.91 Å². The lowest BCUT2D eigenvalue weighted by Gasteiger charge is -2.20. The van der Waals surface area contributed by atoms with Crippen LogP contribution < -0.4 is 9.64 Å². The summed E-state index contributed by atoms with van der Waals surface area (Å²) < 4.78 is 31.8. The van der Waals surface area contributed by atoms with Crippen molar-refractivity contribution in [2.45, 2.75) is 32.1 Å². The number of benzene rings is 2. The van der Waals surface area contributed by atoms with Crippen molar-refractivity contribution in [1.29, 1.82) is 0 Å². The summed E-state index contributed by atoms with van der Waals surface area (Å²) in [5.41, 5.74) is 2.32. The Hall–Kier alpha value is -3.30. The summed E-state index contributed by atoms with van der Waals surface area (Å²) in [5, 5.41) is 0.549. The van der Waals surface area contributed by atoms with Gasteiger partial charge in [0.05, 0.1) is 29.4 Å². The second-order valence-electron chi connectivity index (χ2n) is 8.05. The molecule has 0 bridgehead atoms. The molecule has 35 heavy (non-hydrogen) atoms. The maximum absolute atomic E-state index is 13.3. The molecule has 0 saturated heterocycles. The molecule has 1 amide bonds. The highest BCUT2D eigenvalue weighted by Gasteiger charge is 2.22. The lowest BCUT2D eigenvalue weighted by molar-refractivity contribution is -0.118. The molecule has 4 rings (SSSR count). The first-order valence-corrected chi connectivity index (χ1v) is 14.0. The molecule has 0 N–H and O–H groups in total. The first kappa shape index (κ1) is 24.8. The molecule has 2 aromatic carbocycles. The van der Waals surface area contributed by atoms with Gasteiger partial charge in [0.15, 0.2) is 15.0 Å². The summed E-state index contributed by atoms with van der Waals surface area (Å²) in [6, 6.07) is 18.5. The normalized spacial score (nSPS) is 11.5. The number of rotatable bonds is 11. The molecule has 182 valence electrons. The number of pyridine rings is 1. The second-order valence-corrected chi connectivity index (χ2v) is 11.2. The van der Waals surface area contributed by atoms with Crippen LogP contribution in [0.2, 0.25) is 0 Å². The number of para-hydroxylation sites is 1. The summed E-state index contributed by atoms with van der Waals surface area (Å²) in [5.74, 6) is 0.413. The van der Waals surface area contributed by atoms with E-state index in [1.165, 1.54) is 11.3 Å². The van der Waals surface area contributed by atoms with Crippen LogP contribution in [0.5, 0.6) is 5.75 Å². The number of amides is 1. The molecule has 0 unspecified atom stereocenters. The van der Waals surface area contributed by atoms with Crippen LogP contribution in [-0.4, -0.2) is 36.7 Å². The number of ether oxygens (including phenoxy) is 1. The SMILES string of the molecule is CCOc1cccc2sc(N(Cc3cccnc3)C(=O)CCCS(=O)(=O)Cc3ccccc3)nc12. The lowest BCUT2D eigenvalue weighted by Crippen LogP contribution is -2.30. The van der Waals surface area contributed by atoms with Crippen LogP contribution in [0.3, 0.4) is 0 Å². The van der Waals surface area contributed by atoms with Gasteiger partial charge < -0.3 is 4.74 Å². The standard InChI is InChI=1S/C26H27N3O4S2/c1-2-33-22-12-6-13-23-25(22)28-26(34-23)29(18-21-11-7-15-27-17-21)24(30)14-8-16-35(31,32)19-20-9-4-3-5-10-20/h3-7,9-13,15,17H,2,8,14,16,18-19H2,1H3. The molecule has 0 atom stereocenters. The average molecular weight is 510 g/mol. The number of sulfone groups is 1. The predicted molar refractivity (Wildman–Crippen MR) is 139 cm³/mol. The minimum Gasteiger partial charge on any atom is -0.492 e. The molecular formula is C26H27N3O4S2. The first-order valence-electron chi connectivity index (χ1n) is 11.4. The molecular weight excluding hydrogens is 482 g/mol. The van der Waals surface area contributed by atoms with Crippen LogP contribution >= 0.6 is 11.3 Å². The Kier molecular flexibility index (Phi) is 8.09. The summed E-state index contributed by atoms with van der Waals surface area (Å²) in [6.07, 6.45) is 3.73. The summed E-state index contributed by atoms with van der Waals surface area (Å²) in [4.78, 5) is 23.8. The molecule has 0 aliphatic rings. The Balaban J connectivity index is 1.51. The van der Waals surface area contributed by atoms with E-state index in [1.807, 2.05) is 55.5 Å². The highest BCUT2D eigenvalue weighted by Crippen LogP contribution is 2.35. The van der Waals surface area contributed by atoms with Crippen LogP contribution in [0.4, 0.5) is 5.13 Å². The molecule has 4 aromatic rings. The predicted octanol–water partition coefficient (Wildman–Crippen LogP) is 5.02. The first-order chi connectivity index (χ1) is 16.9. The van der Waals surface area contributed by atoms with Gasteiger partial charge in [-0.1, -0.05) is 53.8 Å². The minimum absolute atomic E-state index is 0.0283. The number of fused-ring (bicyclic) bond motifs is 1. The van der Waals surface area contributed by atoms with E-state index in [1.54, 1.807) is 29.4 Å². The van der Waals surface area contributed by atoms with E-state index in [2.05, 4.69) is 4.98 Å². The topological polar surface area (TPSA) is 89.5 Å². The molecule has 0 saturated carbocycles. The van der Waals surface area contributed by atoms with Crippen molar-refractivity contribution in [1.82, 2.24) is 9.97 Å². The Labute approximate surface area is 209 Å². The molecule has 2 aromatic heterocycles. The van der Waals surface area contributed by atoms with Crippen LogP contribution in [0.15, 0.2) is 73.1 Å². The minimum atomic E-state index is -3.32. The van der Waals surface area contributed by atoms with Gasteiger partial charge in [0, 0.05) is 18.8 Å². The Bertz CT molecular complexity index is 1370. The zero-order valence-electron chi connectivity index (χ0n) is 19.5. The Morgan fingerprint density at radius 2 is 1.83 bits per heavy atom. The van der Waals surface area contributed by atoms with Crippen molar-refractivity contribution in [3.8, 4) is 5.75 Å². The molecule has 9 heteroatoms. The van der Waals surface area contributed by atoms with E-state index in [0.29, 0.717) is 29.5 Å². The monoisotopic (exact) mass is 509 g/mol. The fourth-order valence-corrected chi connectivity index (χ4v) is 6.14. The third-order valence-corrected chi connectivity index (χ3v) is 8.07. The molecule has 0 aliphatic carbocycles. The van der Waals surface area contributed by atoms with Gasteiger partial charge in [-0.3, -0.25) is 14.7 Å². The maximum Gasteiger partial charge on any atom is 0.229 e. The van der Waals surface area contributed by atoms with Gasteiger partial charge in [0.1, 0.15) is 11.3 Å². The Morgan fingerprint density at radius 3 is 2.57 bits per heavy atom. The van der Waals surface area contributed by atoms with E-state index in [0.717, 1.165) is 15.8 Å². The molecule has 2 heterocycles. The zero-order chi connectivity index (χ0) is 24.7. The van der Waals surface area contributed by atoms with Crippen LogP contribution in [0.1, 0.15) is 30.9 Å². The number of carbonyl (C=O) groups is 1. The molecule has 0 aliphatic heterocycles. The number of carbonyl (C=O) groups excluding carboxylic acids is 1. The third-order valence-electron chi connectivity index (χ3n) is 5.34. The van der Waals surface area contributed by atoms with E-state index in [4.69, 9.17) is 9.72 Å². The average Bonchev–Trinajstić information content (AvgIpc) is 3.28. The largest absolute Gasteiger partial charge is 0.492 e. The fraction of sp³-hybridized carbons (Fsp3) is 0.269. The quantitative estimate of drug-likeness (QED) is 0.282. The fourth-order valence-electron chi connectivity index (χ4n) is 3.71. The van der Waals surface area contributed by atoms with Crippen LogP contribution in [0.25, 0.3) is 10.2 Å². The number of thiazole rings is 1. The number of aromatic nitrogens is 2. The number of anilines is 1. The maximum atomic E-state index is 13.3. The van der Waals surface area contributed by atoms with Crippen molar-refractivity contribution in [3.05, 3.63) is 84.2 Å².